The number of anilines is 1. The van der Waals surface area contributed by atoms with E-state index in [2.05, 4.69) is 23.1 Å². The first-order valence-corrected chi connectivity index (χ1v) is 9.29. The van der Waals surface area contributed by atoms with Gasteiger partial charge in [-0.1, -0.05) is 36.6 Å². The average molecular weight is 351 g/mol. The second-order valence-electron chi connectivity index (χ2n) is 6.53. The number of hydrogen-bond donors (Lipinski definition) is 1. The summed E-state index contributed by atoms with van der Waals surface area (Å²) in [6.07, 6.45) is 4.59. The van der Waals surface area contributed by atoms with Crippen LogP contribution in [0, 0.1) is 25.2 Å². The molecule has 25 heavy (non-hydrogen) atoms. The van der Waals surface area contributed by atoms with E-state index in [0.717, 1.165) is 29.0 Å². The zero-order valence-electron chi connectivity index (χ0n) is 14.6. The molecule has 0 unspecified atom stereocenters. The van der Waals surface area contributed by atoms with Crippen LogP contribution in [-0.4, -0.2) is 18.5 Å². The number of nitrogens with one attached hydrogen (secondary N) is 1. The van der Waals surface area contributed by atoms with E-state index in [0.29, 0.717) is 27.7 Å². The molecule has 0 amide bonds. The molecule has 0 aliphatic heterocycles. The maximum Gasteiger partial charge on any atom is 0.205 e. The lowest BCUT2D eigenvalue weighted by Crippen LogP contribution is -2.14. The van der Waals surface area contributed by atoms with Crippen LogP contribution in [0.25, 0.3) is 0 Å². The highest BCUT2D eigenvalue weighted by Crippen LogP contribution is 2.41. The maximum atomic E-state index is 13.1. The molecule has 1 aromatic heterocycles. The van der Waals surface area contributed by atoms with Crippen LogP contribution in [0.3, 0.4) is 0 Å². The molecule has 0 radical (unpaired) electrons. The van der Waals surface area contributed by atoms with Gasteiger partial charge >= 0.3 is 0 Å². The van der Waals surface area contributed by atoms with Crippen molar-refractivity contribution in [2.45, 2.75) is 45.6 Å². The average Bonchev–Trinajstić information content (AvgIpc) is 3.21. The Morgan fingerprint density at radius 3 is 2.68 bits per heavy atom. The van der Waals surface area contributed by atoms with Gasteiger partial charge in [0, 0.05) is 11.6 Å². The van der Waals surface area contributed by atoms with E-state index in [4.69, 9.17) is 0 Å². The van der Waals surface area contributed by atoms with Crippen molar-refractivity contribution in [2.75, 3.05) is 5.32 Å². The van der Waals surface area contributed by atoms with Crippen LogP contribution in [0.2, 0.25) is 0 Å². The molecule has 2 aromatic rings. The smallest absolute Gasteiger partial charge is 0.205 e. The van der Waals surface area contributed by atoms with E-state index in [9.17, 15) is 10.1 Å². The second kappa shape index (κ2) is 7.20. The molecular formula is C20H21N3OS. The summed E-state index contributed by atoms with van der Waals surface area (Å²) in [7, 11) is 0. The largest absolute Gasteiger partial charge is 0.373 e. The predicted octanol–water partition coefficient (Wildman–Crippen LogP) is 5.15. The van der Waals surface area contributed by atoms with Crippen molar-refractivity contribution in [3.63, 3.8) is 0 Å². The minimum Gasteiger partial charge on any atom is -0.373 e. The fourth-order valence-electron chi connectivity index (χ4n) is 3.38. The minimum atomic E-state index is -0.0964. The van der Waals surface area contributed by atoms with Crippen LogP contribution in [0.15, 0.2) is 23.2 Å². The van der Waals surface area contributed by atoms with Crippen LogP contribution in [0.5, 0.6) is 0 Å². The van der Waals surface area contributed by atoms with Gasteiger partial charge in [0.15, 0.2) is 0 Å². The number of aliphatic imine (C=N–C) groups is 1. The van der Waals surface area contributed by atoms with Crippen molar-refractivity contribution in [2.24, 2.45) is 4.99 Å². The third-order valence-corrected chi connectivity index (χ3v) is 5.79. The SMILES string of the molecule is C=Nc1c(C(=O)c2ccc(C)cc2C)sc(NC2CCCC2)c1C#N. The molecule has 1 heterocycles. The van der Waals surface area contributed by atoms with Crippen LogP contribution >= 0.6 is 11.3 Å². The maximum absolute atomic E-state index is 13.1. The number of nitriles is 1. The summed E-state index contributed by atoms with van der Waals surface area (Å²) in [4.78, 5) is 17.6. The highest BCUT2D eigenvalue weighted by atomic mass is 32.1. The van der Waals surface area contributed by atoms with E-state index in [1.807, 2.05) is 32.0 Å². The van der Waals surface area contributed by atoms with Gasteiger partial charge in [-0.2, -0.15) is 5.26 Å². The zero-order chi connectivity index (χ0) is 18.0. The van der Waals surface area contributed by atoms with Crippen molar-refractivity contribution >= 4 is 34.5 Å². The van der Waals surface area contributed by atoms with Gasteiger partial charge in [-0.15, -0.1) is 11.3 Å². The Balaban J connectivity index is 2.02. The Bertz CT molecular complexity index is 870. The number of carbonyl (C=O) groups excluding carboxylic acids is 1. The fraction of sp³-hybridized carbons (Fsp3) is 0.350. The summed E-state index contributed by atoms with van der Waals surface area (Å²) in [5.41, 5.74) is 3.52. The first-order chi connectivity index (χ1) is 12.0. The van der Waals surface area contributed by atoms with Crippen molar-refractivity contribution in [1.29, 1.82) is 5.26 Å². The summed E-state index contributed by atoms with van der Waals surface area (Å²) in [6.45, 7) is 7.51. The lowest BCUT2D eigenvalue weighted by atomic mass is 10.0. The number of aryl methyl sites for hydroxylation is 2. The Morgan fingerprint density at radius 1 is 1.36 bits per heavy atom. The predicted molar refractivity (Wildman–Crippen MR) is 103 cm³/mol. The van der Waals surface area contributed by atoms with Gasteiger partial charge in [-0.25, -0.2) is 0 Å². The highest BCUT2D eigenvalue weighted by molar-refractivity contribution is 7.19. The summed E-state index contributed by atoms with van der Waals surface area (Å²) in [5, 5.41) is 13.8. The molecule has 0 saturated heterocycles. The first-order valence-electron chi connectivity index (χ1n) is 8.47. The monoisotopic (exact) mass is 351 g/mol. The Morgan fingerprint density at radius 2 is 2.08 bits per heavy atom. The molecule has 0 bridgehead atoms. The quantitative estimate of drug-likeness (QED) is 0.598. The van der Waals surface area contributed by atoms with Crippen LogP contribution in [0.1, 0.15) is 57.6 Å². The number of benzene rings is 1. The molecule has 1 aliphatic rings. The molecule has 1 N–H and O–H groups in total. The Labute approximate surface area is 152 Å². The van der Waals surface area contributed by atoms with Crippen LogP contribution in [0.4, 0.5) is 10.7 Å². The standard InChI is InChI=1S/C20H21N3OS/c1-12-8-9-15(13(2)10-12)18(24)19-17(22-3)16(11-21)20(25-19)23-14-6-4-5-7-14/h8-10,14,23H,3-7H2,1-2H3. The van der Waals surface area contributed by atoms with Crippen molar-refractivity contribution in [3.05, 3.63) is 45.3 Å². The van der Waals surface area contributed by atoms with E-state index >= 15 is 0 Å². The van der Waals surface area contributed by atoms with Gasteiger partial charge in [-0.3, -0.25) is 9.79 Å². The summed E-state index contributed by atoms with van der Waals surface area (Å²) >= 11 is 1.32. The molecule has 4 nitrogen and oxygen atoms in total. The first kappa shape index (κ1) is 17.4. The third kappa shape index (κ3) is 3.35. The highest BCUT2D eigenvalue weighted by Gasteiger charge is 2.26. The zero-order valence-corrected chi connectivity index (χ0v) is 15.4. The van der Waals surface area contributed by atoms with Gasteiger partial charge < -0.3 is 5.32 Å². The van der Waals surface area contributed by atoms with Crippen molar-refractivity contribution in [1.82, 2.24) is 0 Å². The number of nitrogens with zero attached hydrogens (tertiary/aromatic N) is 2. The van der Waals surface area contributed by atoms with Crippen molar-refractivity contribution < 1.29 is 4.79 Å². The molecule has 3 rings (SSSR count). The normalized spacial score (nSPS) is 14.3. The molecule has 1 aliphatic carbocycles. The lowest BCUT2D eigenvalue weighted by Gasteiger charge is -2.11. The van der Waals surface area contributed by atoms with E-state index < -0.39 is 0 Å². The molecule has 5 heteroatoms. The number of hydrogen-bond acceptors (Lipinski definition) is 5. The molecule has 1 fully saturated rings. The summed E-state index contributed by atoms with van der Waals surface area (Å²) in [5.74, 6) is -0.0964. The molecule has 0 atom stereocenters. The topological polar surface area (TPSA) is 65.2 Å². The number of carbonyl (C=O) groups is 1. The number of ketones is 1. The summed E-state index contributed by atoms with van der Waals surface area (Å²) < 4.78 is 0. The molecule has 1 saturated carbocycles. The van der Waals surface area contributed by atoms with Gasteiger partial charge in [0.25, 0.3) is 0 Å². The lowest BCUT2D eigenvalue weighted by molar-refractivity contribution is 0.104. The summed E-state index contributed by atoms with van der Waals surface area (Å²) in [6, 6.07) is 8.33. The van der Waals surface area contributed by atoms with Crippen LogP contribution in [-0.2, 0) is 0 Å². The van der Waals surface area contributed by atoms with Gasteiger partial charge in [-0.05, 0) is 39.0 Å². The van der Waals surface area contributed by atoms with E-state index in [1.54, 1.807) is 0 Å². The Hall–Kier alpha value is -2.45. The molecule has 1 aromatic carbocycles. The van der Waals surface area contributed by atoms with E-state index in [1.165, 1.54) is 24.2 Å². The van der Waals surface area contributed by atoms with E-state index in [-0.39, 0.29) is 5.78 Å². The van der Waals surface area contributed by atoms with Crippen molar-refractivity contribution in [3.8, 4) is 6.07 Å². The fourth-order valence-corrected chi connectivity index (χ4v) is 4.52. The van der Waals surface area contributed by atoms with Gasteiger partial charge in [0.1, 0.15) is 27.2 Å². The number of rotatable bonds is 5. The minimum absolute atomic E-state index is 0.0964. The number of thiophene rings is 1. The van der Waals surface area contributed by atoms with Crippen LogP contribution < -0.4 is 5.32 Å². The second-order valence-corrected chi connectivity index (χ2v) is 7.55. The molecular weight excluding hydrogens is 330 g/mol. The van der Waals surface area contributed by atoms with Gasteiger partial charge in [0.05, 0.1) is 0 Å². The molecule has 128 valence electrons. The third-order valence-electron chi connectivity index (χ3n) is 4.68. The Kier molecular flexibility index (Phi) is 5.00. The molecule has 0 spiro atoms. The van der Waals surface area contributed by atoms with Gasteiger partial charge in [0.2, 0.25) is 5.78 Å².